The topological polar surface area (TPSA) is 61.7 Å². The van der Waals surface area contributed by atoms with Crippen molar-refractivity contribution in [2.45, 2.75) is 40.7 Å². The van der Waals surface area contributed by atoms with E-state index < -0.39 is 0 Å². The van der Waals surface area contributed by atoms with Crippen LogP contribution in [0.4, 0.5) is 5.69 Å². The highest BCUT2D eigenvalue weighted by molar-refractivity contribution is 5.80. The van der Waals surface area contributed by atoms with E-state index in [0.717, 1.165) is 22.5 Å². The van der Waals surface area contributed by atoms with Crippen molar-refractivity contribution in [1.29, 1.82) is 0 Å². The molecule has 2 N–H and O–H groups in total. The van der Waals surface area contributed by atoms with Gasteiger partial charge >= 0.3 is 0 Å². The molecule has 3 aromatic rings. The number of aryl methyl sites for hydroxylation is 3. The molecule has 0 fully saturated rings. The SMILES string of the molecule is Cc1cc2ncn(-c3c(N)c(C)nn3C(C)C)c2cc1C. The quantitative estimate of drug-likeness (QED) is 0.785. The van der Waals surface area contributed by atoms with Gasteiger partial charge in [0, 0.05) is 6.04 Å². The van der Waals surface area contributed by atoms with Crippen molar-refractivity contribution in [3.63, 3.8) is 0 Å². The summed E-state index contributed by atoms with van der Waals surface area (Å²) >= 11 is 0. The first-order chi connectivity index (χ1) is 9.90. The summed E-state index contributed by atoms with van der Waals surface area (Å²) in [6.07, 6.45) is 1.83. The van der Waals surface area contributed by atoms with E-state index in [1.54, 1.807) is 0 Å². The number of hydrogen-bond acceptors (Lipinski definition) is 3. The highest BCUT2D eigenvalue weighted by Gasteiger charge is 2.18. The predicted molar refractivity (Wildman–Crippen MR) is 85.9 cm³/mol. The molecule has 110 valence electrons. The third-order valence-corrected chi connectivity index (χ3v) is 3.99. The Morgan fingerprint density at radius 2 is 1.76 bits per heavy atom. The Kier molecular flexibility index (Phi) is 3.01. The predicted octanol–water partition coefficient (Wildman–Crippen LogP) is 3.31. The minimum Gasteiger partial charge on any atom is -0.394 e. The largest absolute Gasteiger partial charge is 0.394 e. The number of fused-ring (bicyclic) bond motifs is 1. The molecule has 0 atom stereocenters. The maximum Gasteiger partial charge on any atom is 0.160 e. The molecule has 1 aromatic carbocycles. The van der Waals surface area contributed by atoms with E-state index in [1.165, 1.54) is 11.1 Å². The Hall–Kier alpha value is -2.30. The molecule has 0 spiro atoms. The standard InChI is InChI=1S/C16H21N5/c1-9(2)21-16(15(17)12(5)19-21)20-8-18-13-6-10(3)11(4)7-14(13)20/h6-9H,17H2,1-5H3. The molecule has 5 heteroatoms. The molecule has 0 aliphatic carbocycles. The molecule has 0 aliphatic rings. The number of nitrogen functional groups attached to an aromatic ring is 1. The third kappa shape index (κ3) is 2.00. The Labute approximate surface area is 124 Å². The zero-order valence-electron chi connectivity index (χ0n) is 13.2. The van der Waals surface area contributed by atoms with E-state index in [0.29, 0.717) is 5.69 Å². The van der Waals surface area contributed by atoms with Crippen LogP contribution < -0.4 is 5.73 Å². The molecule has 0 radical (unpaired) electrons. The first-order valence-electron chi connectivity index (χ1n) is 7.19. The van der Waals surface area contributed by atoms with Gasteiger partial charge in [0.05, 0.1) is 22.4 Å². The summed E-state index contributed by atoms with van der Waals surface area (Å²) in [5.74, 6) is 0.897. The van der Waals surface area contributed by atoms with Gasteiger partial charge in [-0.1, -0.05) is 0 Å². The highest BCUT2D eigenvalue weighted by Crippen LogP contribution is 2.28. The molecular weight excluding hydrogens is 262 g/mol. The second kappa shape index (κ2) is 4.62. The number of imidazole rings is 1. The molecular formula is C16H21N5. The number of nitrogens with zero attached hydrogens (tertiary/aromatic N) is 4. The molecule has 0 saturated heterocycles. The molecule has 2 aromatic heterocycles. The lowest BCUT2D eigenvalue weighted by atomic mass is 10.1. The molecule has 5 nitrogen and oxygen atoms in total. The van der Waals surface area contributed by atoms with E-state index in [-0.39, 0.29) is 6.04 Å². The second-order valence-corrected chi connectivity index (χ2v) is 5.90. The van der Waals surface area contributed by atoms with Gasteiger partial charge < -0.3 is 5.73 Å². The van der Waals surface area contributed by atoms with Crippen LogP contribution in [-0.4, -0.2) is 19.3 Å². The van der Waals surface area contributed by atoms with Gasteiger partial charge in [-0.15, -0.1) is 0 Å². The van der Waals surface area contributed by atoms with Gasteiger partial charge in [0.15, 0.2) is 5.82 Å². The van der Waals surface area contributed by atoms with Crippen LogP contribution in [-0.2, 0) is 0 Å². The normalized spacial score (nSPS) is 11.7. The van der Waals surface area contributed by atoms with Gasteiger partial charge in [0.2, 0.25) is 0 Å². The molecule has 0 unspecified atom stereocenters. The van der Waals surface area contributed by atoms with Crippen LogP contribution >= 0.6 is 0 Å². The van der Waals surface area contributed by atoms with E-state index in [2.05, 4.69) is 49.9 Å². The minimum absolute atomic E-state index is 0.236. The van der Waals surface area contributed by atoms with E-state index in [1.807, 2.05) is 22.5 Å². The van der Waals surface area contributed by atoms with Crippen molar-refractivity contribution in [2.75, 3.05) is 5.73 Å². The summed E-state index contributed by atoms with van der Waals surface area (Å²) in [7, 11) is 0. The van der Waals surface area contributed by atoms with Gasteiger partial charge in [0.1, 0.15) is 6.33 Å². The maximum absolute atomic E-state index is 6.26. The van der Waals surface area contributed by atoms with Gasteiger partial charge in [-0.3, -0.25) is 4.57 Å². The Balaban J connectivity index is 2.33. The molecule has 2 heterocycles. The molecule has 3 rings (SSSR count). The van der Waals surface area contributed by atoms with Gasteiger partial charge in [-0.25, -0.2) is 9.67 Å². The monoisotopic (exact) mass is 283 g/mol. The number of benzene rings is 1. The van der Waals surface area contributed by atoms with Crippen LogP contribution in [0.5, 0.6) is 0 Å². The van der Waals surface area contributed by atoms with Crippen molar-refractivity contribution >= 4 is 16.7 Å². The lowest BCUT2D eigenvalue weighted by Crippen LogP contribution is -2.10. The fourth-order valence-electron chi connectivity index (χ4n) is 2.58. The zero-order chi connectivity index (χ0) is 15.3. The minimum atomic E-state index is 0.236. The van der Waals surface area contributed by atoms with E-state index in [4.69, 9.17) is 5.73 Å². The Morgan fingerprint density at radius 3 is 2.43 bits per heavy atom. The zero-order valence-corrected chi connectivity index (χ0v) is 13.2. The van der Waals surface area contributed by atoms with E-state index >= 15 is 0 Å². The summed E-state index contributed by atoms with van der Waals surface area (Å²) in [5, 5.41) is 4.56. The van der Waals surface area contributed by atoms with Crippen LogP contribution in [0.1, 0.15) is 36.7 Å². The van der Waals surface area contributed by atoms with Crippen LogP contribution in [0.25, 0.3) is 16.9 Å². The van der Waals surface area contributed by atoms with Crippen molar-refractivity contribution in [1.82, 2.24) is 19.3 Å². The number of rotatable bonds is 2. The average Bonchev–Trinajstić information content (AvgIpc) is 2.93. The van der Waals surface area contributed by atoms with Gasteiger partial charge in [-0.2, -0.15) is 5.10 Å². The summed E-state index contributed by atoms with van der Waals surface area (Å²) in [6.45, 7) is 10.4. The number of hydrogen-bond donors (Lipinski definition) is 1. The summed E-state index contributed by atoms with van der Waals surface area (Å²) in [4.78, 5) is 4.51. The summed E-state index contributed by atoms with van der Waals surface area (Å²) < 4.78 is 4.00. The fourth-order valence-corrected chi connectivity index (χ4v) is 2.58. The first kappa shape index (κ1) is 13.7. The molecule has 0 saturated carbocycles. The van der Waals surface area contributed by atoms with Gasteiger partial charge in [-0.05, 0) is 57.9 Å². The van der Waals surface area contributed by atoms with Crippen LogP contribution in [0.3, 0.4) is 0 Å². The van der Waals surface area contributed by atoms with Crippen LogP contribution in [0.15, 0.2) is 18.5 Å². The van der Waals surface area contributed by atoms with Gasteiger partial charge in [0.25, 0.3) is 0 Å². The first-order valence-corrected chi connectivity index (χ1v) is 7.19. The Bertz CT molecular complexity index is 823. The molecule has 0 bridgehead atoms. The lowest BCUT2D eigenvalue weighted by Gasteiger charge is -2.13. The number of aromatic nitrogens is 4. The summed E-state index contributed by atoms with van der Waals surface area (Å²) in [5.41, 5.74) is 12.4. The van der Waals surface area contributed by atoms with Crippen molar-refractivity contribution in [3.05, 3.63) is 35.3 Å². The maximum atomic E-state index is 6.26. The van der Waals surface area contributed by atoms with Crippen LogP contribution in [0.2, 0.25) is 0 Å². The Morgan fingerprint density at radius 1 is 1.10 bits per heavy atom. The smallest absolute Gasteiger partial charge is 0.160 e. The van der Waals surface area contributed by atoms with Crippen molar-refractivity contribution in [2.24, 2.45) is 0 Å². The highest BCUT2D eigenvalue weighted by atomic mass is 15.4. The molecule has 0 aliphatic heterocycles. The van der Waals surface area contributed by atoms with Crippen molar-refractivity contribution in [3.8, 4) is 5.82 Å². The second-order valence-electron chi connectivity index (χ2n) is 5.90. The average molecular weight is 283 g/mol. The summed E-state index contributed by atoms with van der Waals surface area (Å²) in [6, 6.07) is 4.50. The number of anilines is 1. The van der Waals surface area contributed by atoms with Crippen LogP contribution in [0, 0.1) is 20.8 Å². The number of nitrogens with two attached hydrogens (primary N) is 1. The molecule has 0 amide bonds. The third-order valence-electron chi connectivity index (χ3n) is 3.99. The van der Waals surface area contributed by atoms with E-state index in [9.17, 15) is 0 Å². The fraction of sp³-hybridized carbons (Fsp3) is 0.375. The lowest BCUT2D eigenvalue weighted by molar-refractivity contribution is 0.520. The van der Waals surface area contributed by atoms with Crippen molar-refractivity contribution < 1.29 is 0 Å². The molecule has 21 heavy (non-hydrogen) atoms.